The summed E-state index contributed by atoms with van der Waals surface area (Å²) in [7, 11) is 3.22. The number of carbonyl (C=O) groups excluding carboxylic acids is 2. The van der Waals surface area contributed by atoms with Crippen LogP contribution >= 0.6 is 11.6 Å². The molecule has 39 heavy (non-hydrogen) atoms. The molecule has 0 bridgehead atoms. The maximum Gasteiger partial charge on any atom is 0.238 e. The van der Waals surface area contributed by atoms with Crippen molar-refractivity contribution in [3.63, 3.8) is 0 Å². The molecule has 1 N–H and O–H groups in total. The second-order valence-electron chi connectivity index (χ2n) is 9.41. The average molecular weight is 556 g/mol. The lowest BCUT2D eigenvalue weighted by Gasteiger charge is -2.42. The molecule has 0 saturated carbocycles. The molecule has 2 amide bonds. The number of halogens is 1. The highest BCUT2D eigenvalue weighted by Gasteiger charge is 2.32. The molecule has 1 saturated heterocycles. The highest BCUT2D eigenvalue weighted by molar-refractivity contribution is 6.29. The largest absolute Gasteiger partial charge is 0.497 e. The van der Waals surface area contributed by atoms with Gasteiger partial charge in [-0.05, 0) is 31.0 Å². The molecule has 208 valence electrons. The monoisotopic (exact) mass is 555 g/mol. The molecule has 11 nitrogen and oxygen atoms in total. The summed E-state index contributed by atoms with van der Waals surface area (Å²) in [6.45, 7) is 3.70. The molecule has 3 aromatic rings. The van der Waals surface area contributed by atoms with Gasteiger partial charge in [0.05, 0.1) is 25.7 Å². The second kappa shape index (κ2) is 13.4. The van der Waals surface area contributed by atoms with Gasteiger partial charge < -0.3 is 24.6 Å². The number of piperazine rings is 1. The molecule has 1 aliphatic rings. The summed E-state index contributed by atoms with van der Waals surface area (Å²) in [5.74, 6) is 1.63. The Balaban J connectivity index is 1.48. The first-order valence-electron chi connectivity index (χ1n) is 12.9. The van der Waals surface area contributed by atoms with Crippen LogP contribution in [0.4, 0.5) is 5.82 Å². The Bertz CT molecular complexity index is 1260. The molecule has 4 rings (SSSR count). The quantitative estimate of drug-likeness (QED) is 0.359. The minimum atomic E-state index is -0.307. The number of hydrogen-bond acceptors (Lipinski definition) is 8. The van der Waals surface area contributed by atoms with Gasteiger partial charge in [-0.3, -0.25) is 14.2 Å². The van der Waals surface area contributed by atoms with E-state index >= 15 is 0 Å². The first-order chi connectivity index (χ1) is 18.9. The number of carbonyl (C=O) groups is 2. The Morgan fingerprint density at radius 1 is 1.21 bits per heavy atom. The molecule has 0 aliphatic carbocycles. The lowest BCUT2D eigenvalue weighted by molar-refractivity contribution is -0.135. The fourth-order valence-corrected chi connectivity index (χ4v) is 4.68. The number of hydrogen-bond donors (Lipinski definition) is 1. The van der Waals surface area contributed by atoms with E-state index in [0.29, 0.717) is 44.4 Å². The predicted octanol–water partition coefficient (Wildman–Crippen LogP) is 2.52. The molecule has 2 atom stereocenters. The van der Waals surface area contributed by atoms with Crippen LogP contribution in [0.1, 0.15) is 25.3 Å². The van der Waals surface area contributed by atoms with Crippen LogP contribution < -0.4 is 15.0 Å². The summed E-state index contributed by atoms with van der Waals surface area (Å²) < 4.78 is 12.2. The summed E-state index contributed by atoms with van der Waals surface area (Å²) >= 11 is 6.36. The topological polar surface area (TPSA) is 115 Å². The maximum atomic E-state index is 13.1. The average Bonchev–Trinajstić information content (AvgIpc) is 3.48. The van der Waals surface area contributed by atoms with Crippen molar-refractivity contribution < 1.29 is 19.1 Å². The van der Waals surface area contributed by atoms with Crippen LogP contribution in [0.3, 0.4) is 0 Å². The lowest BCUT2D eigenvalue weighted by atomic mass is 10.1. The van der Waals surface area contributed by atoms with Crippen molar-refractivity contribution in [3.8, 4) is 11.7 Å². The minimum Gasteiger partial charge on any atom is -0.497 e. The van der Waals surface area contributed by atoms with Gasteiger partial charge in [0.25, 0.3) is 0 Å². The zero-order chi connectivity index (χ0) is 27.8. The van der Waals surface area contributed by atoms with Crippen LogP contribution in [0.25, 0.3) is 5.95 Å². The van der Waals surface area contributed by atoms with E-state index in [-0.39, 0.29) is 42.0 Å². The first-order valence-corrected chi connectivity index (χ1v) is 13.2. The molecule has 1 aliphatic heterocycles. The Hall–Kier alpha value is -3.70. The fourth-order valence-electron chi connectivity index (χ4n) is 4.51. The van der Waals surface area contributed by atoms with Gasteiger partial charge in [0.2, 0.25) is 17.8 Å². The van der Waals surface area contributed by atoms with E-state index in [1.807, 2.05) is 36.1 Å². The van der Waals surface area contributed by atoms with Gasteiger partial charge in [0.1, 0.15) is 23.0 Å². The normalized spacial score (nSPS) is 16.2. The van der Waals surface area contributed by atoms with Gasteiger partial charge in [-0.1, -0.05) is 23.7 Å². The maximum absolute atomic E-state index is 13.1. The Morgan fingerprint density at radius 3 is 2.79 bits per heavy atom. The molecule has 0 radical (unpaired) electrons. The number of imidazole rings is 1. The van der Waals surface area contributed by atoms with Crippen LogP contribution in [-0.4, -0.2) is 88.8 Å². The summed E-state index contributed by atoms with van der Waals surface area (Å²) in [6.07, 6.45) is 5.91. The summed E-state index contributed by atoms with van der Waals surface area (Å²) in [4.78, 5) is 42.9. The number of benzene rings is 1. The molecule has 1 aromatic carbocycles. The van der Waals surface area contributed by atoms with Crippen molar-refractivity contribution in [2.24, 2.45) is 0 Å². The number of amides is 2. The summed E-state index contributed by atoms with van der Waals surface area (Å²) in [5.41, 5.74) is 1.07. The molecular weight excluding hydrogens is 522 g/mol. The van der Waals surface area contributed by atoms with Gasteiger partial charge in [-0.15, -0.1) is 0 Å². The molecular formula is C27H34ClN7O4. The van der Waals surface area contributed by atoms with Gasteiger partial charge in [0.15, 0.2) is 0 Å². The van der Waals surface area contributed by atoms with Gasteiger partial charge in [0, 0.05) is 58.2 Å². The Labute approximate surface area is 233 Å². The molecule has 12 heteroatoms. The highest BCUT2D eigenvalue weighted by Crippen LogP contribution is 2.25. The van der Waals surface area contributed by atoms with Crippen molar-refractivity contribution in [2.75, 3.05) is 45.3 Å². The molecule has 3 heterocycles. The van der Waals surface area contributed by atoms with Crippen molar-refractivity contribution in [1.82, 2.24) is 29.7 Å². The number of anilines is 1. The lowest BCUT2D eigenvalue weighted by Crippen LogP contribution is -2.56. The number of methoxy groups -OCH3 is 2. The highest BCUT2D eigenvalue weighted by atomic mass is 35.5. The van der Waals surface area contributed by atoms with E-state index < -0.39 is 0 Å². The number of ether oxygens (including phenoxy) is 2. The third-order valence-electron chi connectivity index (χ3n) is 6.69. The summed E-state index contributed by atoms with van der Waals surface area (Å²) in [5, 5.41) is 3.29. The standard InChI is InChI=1S/C27H34ClN7O4/c1-19(38-2)13-26(37)33-11-12-35(24-16-23(28)31-27(32-24)34-10-9-29-18-34)21(17-33)15-25(36)30-8-7-20-5-4-6-22(14-20)39-3/h4-6,9-10,14,16,18-19,21H,7-8,11-13,15,17H2,1-3H3,(H,30,36). The van der Waals surface area contributed by atoms with Gasteiger partial charge >= 0.3 is 0 Å². The van der Waals surface area contributed by atoms with Crippen molar-refractivity contribution >= 4 is 29.2 Å². The van der Waals surface area contributed by atoms with E-state index in [1.165, 1.54) is 0 Å². The Morgan fingerprint density at radius 2 is 2.05 bits per heavy atom. The van der Waals surface area contributed by atoms with Gasteiger partial charge in [-0.2, -0.15) is 4.98 Å². The third kappa shape index (κ3) is 7.67. The van der Waals surface area contributed by atoms with Crippen LogP contribution in [0, 0.1) is 0 Å². The van der Waals surface area contributed by atoms with Gasteiger partial charge in [-0.25, -0.2) is 9.97 Å². The van der Waals surface area contributed by atoms with E-state index in [9.17, 15) is 9.59 Å². The smallest absolute Gasteiger partial charge is 0.238 e. The zero-order valence-corrected chi connectivity index (χ0v) is 23.2. The van der Waals surface area contributed by atoms with Crippen molar-refractivity contribution in [1.29, 1.82) is 0 Å². The fraction of sp³-hybridized carbons (Fsp3) is 0.444. The molecule has 2 aromatic heterocycles. The molecule has 1 fully saturated rings. The number of nitrogens with zero attached hydrogens (tertiary/aromatic N) is 6. The number of rotatable bonds is 11. The third-order valence-corrected chi connectivity index (χ3v) is 6.88. The number of aromatic nitrogens is 4. The SMILES string of the molecule is COc1cccc(CCNC(=O)CC2CN(C(=O)CC(C)OC)CCN2c2cc(Cl)nc(-n3ccnc3)n2)c1. The van der Waals surface area contributed by atoms with E-state index in [1.54, 1.807) is 48.5 Å². The Kier molecular flexibility index (Phi) is 9.72. The van der Waals surface area contributed by atoms with Crippen molar-refractivity contribution in [3.05, 3.63) is 59.8 Å². The first kappa shape index (κ1) is 28.3. The van der Waals surface area contributed by atoms with Crippen molar-refractivity contribution in [2.45, 2.75) is 38.3 Å². The van der Waals surface area contributed by atoms with Crippen LogP contribution in [0.5, 0.6) is 5.75 Å². The zero-order valence-electron chi connectivity index (χ0n) is 22.4. The molecule has 0 spiro atoms. The summed E-state index contributed by atoms with van der Waals surface area (Å²) in [6, 6.07) is 9.14. The molecule has 2 unspecified atom stereocenters. The number of nitrogens with one attached hydrogen (secondary N) is 1. The second-order valence-corrected chi connectivity index (χ2v) is 9.80. The van der Waals surface area contributed by atoms with E-state index in [2.05, 4.69) is 15.3 Å². The van der Waals surface area contributed by atoms with E-state index in [4.69, 9.17) is 26.1 Å². The van der Waals surface area contributed by atoms with Crippen LogP contribution in [0.15, 0.2) is 49.1 Å². The predicted molar refractivity (Wildman–Crippen MR) is 147 cm³/mol. The van der Waals surface area contributed by atoms with Crippen LogP contribution in [0.2, 0.25) is 5.15 Å². The van der Waals surface area contributed by atoms with E-state index in [0.717, 1.165) is 11.3 Å². The minimum absolute atomic E-state index is 0.00717. The van der Waals surface area contributed by atoms with Crippen LogP contribution in [-0.2, 0) is 20.7 Å².